The first kappa shape index (κ1) is 21.7. The summed E-state index contributed by atoms with van der Waals surface area (Å²) in [7, 11) is 1.69. The van der Waals surface area contributed by atoms with Gasteiger partial charge in [0.1, 0.15) is 6.04 Å². The van der Waals surface area contributed by atoms with Crippen LogP contribution in [0.25, 0.3) is 5.69 Å². The molecule has 26 heavy (non-hydrogen) atoms. The molecule has 0 aliphatic carbocycles. The Bertz CT molecular complexity index is 761. The molecule has 2 aromatic rings. The Morgan fingerprint density at radius 1 is 1.27 bits per heavy atom. The molecule has 0 aliphatic rings. The zero-order chi connectivity index (χ0) is 18.6. The zero-order valence-corrected chi connectivity index (χ0v) is 16.2. The van der Waals surface area contributed by atoms with Crippen molar-refractivity contribution in [3.63, 3.8) is 0 Å². The molecule has 0 saturated carbocycles. The maximum absolute atomic E-state index is 12.2. The number of aliphatic carboxylic acids is 1. The number of carboxylic acids is 1. The highest BCUT2D eigenvalue weighted by molar-refractivity contribution is 5.92. The van der Waals surface area contributed by atoms with E-state index in [2.05, 4.69) is 10.4 Å². The van der Waals surface area contributed by atoms with Crippen molar-refractivity contribution in [1.29, 1.82) is 0 Å². The first-order valence-electron chi connectivity index (χ1n) is 8.15. The molecule has 1 aromatic heterocycles. The van der Waals surface area contributed by atoms with E-state index in [9.17, 15) is 9.59 Å². The Balaban J connectivity index is 0.00000338. The molecule has 1 atom stereocenters. The van der Waals surface area contributed by atoms with E-state index in [1.54, 1.807) is 23.6 Å². The van der Waals surface area contributed by atoms with Crippen molar-refractivity contribution >= 4 is 30.0 Å². The van der Waals surface area contributed by atoms with Crippen LogP contribution in [-0.4, -0.2) is 51.3 Å². The Morgan fingerprint density at radius 2 is 1.88 bits per heavy atom. The number of rotatable bonds is 7. The normalized spacial score (nSPS) is 11.7. The number of para-hydroxylation sites is 1. The number of aryl methyl sites for hydroxylation is 1. The molecule has 1 unspecified atom stereocenters. The number of carbonyl (C=O) groups is 2. The van der Waals surface area contributed by atoms with Crippen LogP contribution < -0.4 is 5.32 Å². The lowest BCUT2D eigenvalue weighted by Gasteiger charge is -2.20. The van der Waals surface area contributed by atoms with Gasteiger partial charge in [-0.1, -0.05) is 18.2 Å². The largest absolute Gasteiger partial charge is 0.480 e. The Morgan fingerprint density at radius 3 is 2.46 bits per heavy atom. The number of hydrogen-bond acceptors (Lipinski definition) is 4. The van der Waals surface area contributed by atoms with Gasteiger partial charge in [-0.25, -0.2) is 4.68 Å². The maximum atomic E-state index is 12.2. The number of amides is 1. The molecule has 7 nitrogen and oxygen atoms in total. The van der Waals surface area contributed by atoms with Gasteiger partial charge >= 0.3 is 5.97 Å². The van der Waals surface area contributed by atoms with E-state index in [0.717, 1.165) is 17.1 Å². The van der Waals surface area contributed by atoms with Gasteiger partial charge in [0.2, 0.25) is 5.91 Å². The van der Waals surface area contributed by atoms with Crippen LogP contribution in [0.3, 0.4) is 0 Å². The van der Waals surface area contributed by atoms with Crippen LogP contribution in [0.2, 0.25) is 0 Å². The van der Waals surface area contributed by atoms with E-state index in [4.69, 9.17) is 5.11 Å². The number of benzene rings is 1. The van der Waals surface area contributed by atoms with Gasteiger partial charge in [0.05, 0.1) is 22.8 Å². The SMILES string of the molecule is Cc1nn(-c2ccccc2)c(C)c1NC(=O)CCN(C)C(C)C(=O)O.Cl. The van der Waals surface area contributed by atoms with Crippen molar-refractivity contribution in [3.8, 4) is 5.69 Å². The lowest BCUT2D eigenvalue weighted by Crippen LogP contribution is -2.37. The van der Waals surface area contributed by atoms with E-state index in [1.807, 2.05) is 44.2 Å². The van der Waals surface area contributed by atoms with Gasteiger partial charge in [-0.15, -0.1) is 12.4 Å². The van der Waals surface area contributed by atoms with Gasteiger partial charge in [-0.05, 0) is 40.0 Å². The summed E-state index contributed by atoms with van der Waals surface area (Å²) >= 11 is 0. The molecule has 0 radical (unpaired) electrons. The summed E-state index contributed by atoms with van der Waals surface area (Å²) in [6, 6.07) is 9.08. The van der Waals surface area contributed by atoms with Crippen molar-refractivity contribution in [2.75, 3.05) is 18.9 Å². The van der Waals surface area contributed by atoms with Crippen molar-refractivity contribution in [3.05, 3.63) is 41.7 Å². The summed E-state index contributed by atoms with van der Waals surface area (Å²) in [5.74, 6) is -1.07. The van der Waals surface area contributed by atoms with E-state index in [-0.39, 0.29) is 24.7 Å². The minimum absolute atomic E-state index is 0. The third-order valence-electron chi connectivity index (χ3n) is 4.27. The summed E-state index contributed by atoms with van der Waals surface area (Å²) in [5, 5.41) is 16.4. The number of carbonyl (C=O) groups excluding carboxylic acids is 1. The molecule has 142 valence electrons. The highest BCUT2D eigenvalue weighted by Crippen LogP contribution is 2.22. The highest BCUT2D eigenvalue weighted by Gasteiger charge is 2.19. The van der Waals surface area contributed by atoms with E-state index >= 15 is 0 Å². The van der Waals surface area contributed by atoms with Gasteiger partial charge in [-0.2, -0.15) is 5.10 Å². The molecule has 0 aliphatic heterocycles. The number of nitrogens with one attached hydrogen (secondary N) is 1. The number of anilines is 1. The van der Waals surface area contributed by atoms with Crippen LogP contribution in [0.15, 0.2) is 30.3 Å². The smallest absolute Gasteiger partial charge is 0.320 e. The van der Waals surface area contributed by atoms with Gasteiger partial charge in [0.25, 0.3) is 0 Å². The Hall–Kier alpha value is -2.38. The summed E-state index contributed by atoms with van der Waals surface area (Å²) < 4.78 is 1.80. The summed E-state index contributed by atoms with van der Waals surface area (Å²) in [6.07, 6.45) is 0.212. The second-order valence-corrected chi connectivity index (χ2v) is 6.09. The van der Waals surface area contributed by atoms with Crippen molar-refractivity contribution < 1.29 is 14.7 Å². The number of likely N-dealkylation sites (N-methyl/N-ethyl adjacent to an activating group) is 1. The van der Waals surface area contributed by atoms with Crippen LogP contribution in [0.4, 0.5) is 5.69 Å². The van der Waals surface area contributed by atoms with Gasteiger partial charge in [0, 0.05) is 13.0 Å². The predicted octanol–water partition coefficient (Wildman–Crippen LogP) is 2.64. The summed E-state index contributed by atoms with van der Waals surface area (Å²) in [6.45, 7) is 5.71. The Kier molecular flexibility index (Phi) is 7.79. The zero-order valence-electron chi connectivity index (χ0n) is 15.4. The lowest BCUT2D eigenvalue weighted by atomic mass is 10.2. The van der Waals surface area contributed by atoms with Crippen LogP contribution in [-0.2, 0) is 9.59 Å². The molecule has 8 heteroatoms. The van der Waals surface area contributed by atoms with Crippen LogP contribution in [0.5, 0.6) is 0 Å². The second kappa shape index (κ2) is 9.35. The number of nitrogens with zero attached hydrogens (tertiary/aromatic N) is 3. The molecule has 0 spiro atoms. The summed E-state index contributed by atoms with van der Waals surface area (Å²) in [4.78, 5) is 24.8. The number of aromatic nitrogens is 2. The van der Waals surface area contributed by atoms with Gasteiger partial charge in [0.15, 0.2) is 0 Å². The van der Waals surface area contributed by atoms with Crippen molar-refractivity contribution in [2.24, 2.45) is 0 Å². The van der Waals surface area contributed by atoms with Crippen LogP contribution in [0, 0.1) is 13.8 Å². The predicted molar refractivity (Wildman–Crippen MR) is 103 cm³/mol. The average molecular weight is 381 g/mol. The fraction of sp³-hybridized carbons (Fsp3) is 0.389. The maximum Gasteiger partial charge on any atom is 0.320 e. The molecule has 2 rings (SSSR count). The van der Waals surface area contributed by atoms with Crippen LogP contribution >= 0.6 is 12.4 Å². The molecular weight excluding hydrogens is 356 g/mol. The minimum atomic E-state index is -0.904. The molecule has 0 fully saturated rings. The molecular formula is C18H25ClN4O3. The first-order valence-corrected chi connectivity index (χ1v) is 8.15. The molecule has 1 aromatic carbocycles. The lowest BCUT2D eigenvalue weighted by molar-refractivity contribution is -0.142. The number of halogens is 1. The van der Waals surface area contributed by atoms with E-state index in [1.165, 1.54) is 0 Å². The van der Waals surface area contributed by atoms with E-state index in [0.29, 0.717) is 12.2 Å². The molecule has 1 amide bonds. The minimum Gasteiger partial charge on any atom is -0.480 e. The fourth-order valence-corrected chi connectivity index (χ4v) is 2.51. The summed E-state index contributed by atoms with van der Waals surface area (Å²) in [5.41, 5.74) is 3.22. The standard InChI is InChI=1S/C18H24N4O3.ClH/c1-12-17(13(2)22(20-12)15-8-6-5-7-9-15)19-16(23)10-11-21(4)14(3)18(24)25;/h5-9,14H,10-11H2,1-4H3,(H,19,23)(H,24,25);1H. The molecule has 2 N–H and O–H groups in total. The second-order valence-electron chi connectivity index (χ2n) is 6.09. The van der Waals surface area contributed by atoms with Gasteiger partial charge < -0.3 is 10.4 Å². The van der Waals surface area contributed by atoms with E-state index < -0.39 is 12.0 Å². The number of hydrogen-bond donors (Lipinski definition) is 2. The Labute approximate surface area is 159 Å². The van der Waals surface area contributed by atoms with Gasteiger partial charge in [-0.3, -0.25) is 14.5 Å². The average Bonchev–Trinajstić information content (AvgIpc) is 2.87. The third kappa shape index (κ3) is 5.06. The first-order chi connectivity index (χ1) is 11.8. The van der Waals surface area contributed by atoms with Crippen molar-refractivity contribution in [2.45, 2.75) is 33.2 Å². The topological polar surface area (TPSA) is 87.5 Å². The monoisotopic (exact) mass is 380 g/mol. The fourth-order valence-electron chi connectivity index (χ4n) is 2.51. The molecule has 0 saturated heterocycles. The molecule has 1 heterocycles. The molecule has 0 bridgehead atoms. The van der Waals surface area contributed by atoms with Crippen molar-refractivity contribution in [1.82, 2.24) is 14.7 Å². The third-order valence-corrected chi connectivity index (χ3v) is 4.27. The number of carboxylic acid groups (broad SMARTS) is 1. The van der Waals surface area contributed by atoms with Crippen LogP contribution in [0.1, 0.15) is 24.7 Å². The quantitative estimate of drug-likeness (QED) is 0.771. The highest BCUT2D eigenvalue weighted by atomic mass is 35.5.